The number of halogens is 1. The third kappa shape index (κ3) is 1.49. The number of aromatic nitrogens is 2. The van der Waals surface area contributed by atoms with Crippen molar-refractivity contribution >= 4 is 28.4 Å². The second kappa shape index (κ2) is 3.53. The molecule has 4 nitrogen and oxygen atoms in total. The molecule has 5 heteroatoms. The normalized spacial score (nSPS) is 11.2. The Balaban J connectivity index is 2.31. The Hall–Kier alpha value is -1.94. The molecule has 2 aromatic heterocycles. The van der Waals surface area contributed by atoms with Gasteiger partial charge in [-0.15, -0.1) is 0 Å². The van der Waals surface area contributed by atoms with Gasteiger partial charge in [-0.05, 0) is 19.1 Å². The molecule has 0 unspecified atom stereocenters. The number of hydrogen-bond donors (Lipinski definition) is 2. The first kappa shape index (κ1) is 10.2. The van der Waals surface area contributed by atoms with Crippen molar-refractivity contribution in [2.75, 3.05) is 5.73 Å². The van der Waals surface area contributed by atoms with E-state index < -0.39 is 0 Å². The van der Waals surface area contributed by atoms with Gasteiger partial charge in [0.15, 0.2) is 0 Å². The summed E-state index contributed by atoms with van der Waals surface area (Å²) in [6.45, 7) is 1.99. The van der Waals surface area contributed by atoms with Crippen molar-refractivity contribution in [2.24, 2.45) is 0 Å². The molecule has 0 aliphatic heterocycles. The molecule has 0 bridgehead atoms. The SMILES string of the molecule is Cc1cc2c(Cl)c(-c3cnoc3N)ccc2[nH]1. The lowest BCUT2D eigenvalue weighted by Crippen LogP contribution is -1.85. The molecule has 0 fully saturated rings. The Bertz CT molecular complexity index is 699. The maximum Gasteiger partial charge on any atom is 0.230 e. The van der Waals surface area contributed by atoms with E-state index in [0.29, 0.717) is 5.02 Å². The van der Waals surface area contributed by atoms with E-state index in [4.69, 9.17) is 21.9 Å². The van der Waals surface area contributed by atoms with Crippen LogP contribution in [0, 0.1) is 6.92 Å². The molecular formula is C12H10ClN3O. The fourth-order valence-corrected chi connectivity index (χ4v) is 2.29. The number of nitrogens with one attached hydrogen (secondary N) is 1. The van der Waals surface area contributed by atoms with Gasteiger partial charge in [-0.3, -0.25) is 0 Å². The minimum absolute atomic E-state index is 0.276. The third-order valence-corrected chi connectivity index (χ3v) is 3.17. The maximum atomic E-state index is 6.37. The largest absolute Gasteiger partial charge is 0.367 e. The molecule has 0 spiro atoms. The number of nitrogen functional groups attached to an aromatic ring is 1. The average molecular weight is 248 g/mol. The number of hydrogen-bond acceptors (Lipinski definition) is 3. The van der Waals surface area contributed by atoms with E-state index in [-0.39, 0.29) is 5.88 Å². The highest BCUT2D eigenvalue weighted by Crippen LogP contribution is 2.36. The molecule has 0 amide bonds. The Morgan fingerprint density at radius 2 is 2.18 bits per heavy atom. The van der Waals surface area contributed by atoms with Gasteiger partial charge in [0.2, 0.25) is 5.88 Å². The van der Waals surface area contributed by atoms with Crippen molar-refractivity contribution in [3.05, 3.63) is 35.1 Å². The minimum atomic E-state index is 0.276. The summed E-state index contributed by atoms with van der Waals surface area (Å²) in [5.41, 5.74) is 9.32. The number of fused-ring (bicyclic) bond motifs is 1. The second-order valence-corrected chi connectivity index (χ2v) is 4.32. The van der Waals surface area contributed by atoms with Crippen LogP contribution in [0.1, 0.15) is 5.69 Å². The number of aromatic amines is 1. The molecule has 3 N–H and O–H groups in total. The van der Waals surface area contributed by atoms with E-state index in [9.17, 15) is 0 Å². The molecule has 0 aliphatic rings. The van der Waals surface area contributed by atoms with Crippen molar-refractivity contribution in [2.45, 2.75) is 6.92 Å². The van der Waals surface area contributed by atoms with Crippen LogP contribution < -0.4 is 5.73 Å². The van der Waals surface area contributed by atoms with Crippen LogP contribution >= 0.6 is 11.6 Å². The van der Waals surface area contributed by atoms with Gasteiger partial charge >= 0.3 is 0 Å². The Morgan fingerprint density at radius 3 is 2.88 bits per heavy atom. The van der Waals surface area contributed by atoms with Crippen molar-refractivity contribution in [3.8, 4) is 11.1 Å². The molecule has 17 heavy (non-hydrogen) atoms. The maximum absolute atomic E-state index is 6.37. The Morgan fingerprint density at radius 1 is 1.35 bits per heavy atom. The topological polar surface area (TPSA) is 67.8 Å². The van der Waals surface area contributed by atoms with Gasteiger partial charge < -0.3 is 15.2 Å². The molecule has 3 rings (SSSR count). The van der Waals surface area contributed by atoms with Crippen molar-refractivity contribution in [1.82, 2.24) is 10.1 Å². The average Bonchev–Trinajstić information content (AvgIpc) is 2.85. The molecule has 0 saturated heterocycles. The number of nitrogens with two attached hydrogens (primary N) is 1. The molecule has 0 atom stereocenters. The number of rotatable bonds is 1. The summed E-state index contributed by atoms with van der Waals surface area (Å²) < 4.78 is 4.85. The first-order valence-corrected chi connectivity index (χ1v) is 5.53. The molecule has 0 saturated carbocycles. The molecule has 0 aliphatic carbocycles. The van der Waals surface area contributed by atoms with E-state index in [1.165, 1.54) is 0 Å². The van der Waals surface area contributed by atoms with Gasteiger partial charge in [-0.25, -0.2) is 0 Å². The van der Waals surface area contributed by atoms with Crippen molar-refractivity contribution in [3.63, 3.8) is 0 Å². The van der Waals surface area contributed by atoms with Gasteiger partial charge in [-0.2, -0.15) is 0 Å². The summed E-state index contributed by atoms with van der Waals surface area (Å²) in [6, 6.07) is 5.88. The summed E-state index contributed by atoms with van der Waals surface area (Å²) in [5.74, 6) is 0.276. The zero-order valence-electron chi connectivity index (χ0n) is 9.12. The fourth-order valence-electron chi connectivity index (χ4n) is 1.97. The van der Waals surface area contributed by atoms with Crippen LogP contribution in [0.4, 0.5) is 5.88 Å². The third-order valence-electron chi connectivity index (χ3n) is 2.76. The van der Waals surface area contributed by atoms with E-state index in [1.54, 1.807) is 6.20 Å². The number of H-pyrrole nitrogens is 1. The van der Waals surface area contributed by atoms with Gasteiger partial charge in [-0.1, -0.05) is 22.8 Å². The Labute approximate surface area is 102 Å². The number of anilines is 1. The number of nitrogens with zero attached hydrogens (tertiary/aromatic N) is 1. The van der Waals surface area contributed by atoms with Gasteiger partial charge in [0, 0.05) is 22.2 Å². The van der Waals surface area contributed by atoms with Crippen molar-refractivity contribution in [1.29, 1.82) is 0 Å². The van der Waals surface area contributed by atoms with E-state index in [1.807, 2.05) is 25.1 Å². The molecular weight excluding hydrogens is 238 g/mol. The number of aryl methyl sites for hydroxylation is 1. The molecule has 1 aromatic carbocycles. The molecule has 2 heterocycles. The zero-order valence-corrected chi connectivity index (χ0v) is 9.88. The van der Waals surface area contributed by atoms with Crippen LogP contribution in [0.25, 0.3) is 22.0 Å². The predicted molar refractivity (Wildman–Crippen MR) is 68.0 cm³/mol. The smallest absolute Gasteiger partial charge is 0.230 e. The highest BCUT2D eigenvalue weighted by molar-refractivity contribution is 6.38. The van der Waals surface area contributed by atoms with Crippen LogP contribution in [-0.4, -0.2) is 10.1 Å². The highest BCUT2D eigenvalue weighted by atomic mass is 35.5. The summed E-state index contributed by atoms with van der Waals surface area (Å²) in [5, 5.41) is 5.29. The first-order valence-electron chi connectivity index (χ1n) is 5.15. The molecule has 86 valence electrons. The lowest BCUT2D eigenvalue weighted by Gasteiger charge is -2.02. The standard InChI is InChI=1S/C12H10ClN3O/c1-6-4-8-10(16-6)3-2-7(11(8)13)9-5-15-17-12(9)14/h2-5,16H,14H2,1H3. The van der Waals surface area contributed by atoms with Crippen LogP contribution in [-0.2, 0) is 0 Å². The summed E-state index contributed by atoms with van der Waals surface area (Å²) in [6.07, 6.45) is 1.57. The summed E-state index contributed by atoms with van der Waals surface area (Å²) in [4.78, 5) is 3.23. The predicted octanol–water partition coefficient (Wildman–Crippen LogP) is 3.37. The molecule has 3 aromatic rings. The highest BCUT2D eigenvalue weighted by Gasteiger charge is 2.13. The second-order valence-electron chi connectivity index (χ2n) is 3.94. The lowest BCUT2D eigenvalue weighted by atomic mass is 10.1. The quantitative estimate of drug-likeness (QED) is 0.693. The van der Waals surface area contributed by atoms with Gasteiger partial charge in [0.25, 0.3) is 0 Å². The first-order chi connectivity index (χ1) is 8.16. The van der Waals surface area contributed by atoms with Crippen molar-refractivity contribution < 1.29 is 4.52 Å². The lowest BCUT2D eigenvalue weighted by molar-refractivity contribution is 0.436. The fraction of sp³-hybridized carbons (Fsp3) is 0.0833. The van der Waals surface area contributed by atoms with E-state index >= 15 is 0 Å². The van der Waals surface area contributed by atoms with Crippen LogP contribution in [0.3, 0.4) is 0 Å². The zero-order chi connectivity index (χ0) is 12.0. The van der Waals surface area contributed by atoms with E-state index in [0.717, 1.165) is 27.7 Å². The number of benzene rings is 1. The monoisotopic (exact) mass is 247 g/mol. The summed E-state index contributed by atoms with van der Waals surface area (Å²) >= 11 is 6.37. The van der Waals surface area contributed by atoms with Crippen LogP contribution in [0.5, 0.6) is 0 Å². The van der Waals surface area contributed by atoms with E-state index in [2.05, 4.69) is 10.1 Å². The van der Waals surface area contributed by atoms with Crippen LogP contribution in [0.2, 0.25) is 5.02 Å². The Kier molecular flexibility index (Phi) is 2.12. The summed E-state index contributed by atoms with van der Waals surface area (Å²) in [7, 11) is 0. The van der Waals surface area contributed by atoms with Crippen LogP contribution in [0.15, 0.2) is 28.9 Å². The van der Waals surface area contributed by atoms with Gasteiger partial charge in [0.1, 0.15) is 0 Å². The minimum Gasteiger partial charge on any atom is -0.367 e. The molecule has 0 radical (unpaired) electrons. The van der Waals surface area contributed by atoms with Gasteiger partial charge in [0.05, 0.1) is 16.8 Å².